The molecule has 1 N–H and O–H groups in total. The molecule has 2 rings (SSSR count). The fourth-order valence-electron chi connectivity index (χ4n) is 2.30. The molecule has 0 aromatic carbocycles. The summed E-state index contributed by atoms with van der Waals surface area (Å²) in [6.07, 6.45) is 7.16. The molecule has 0 radical (unpaired) electrons. The van der Waals surface area contributed by atoms with Crippen molar-refractivity contribution in [2.45, 2.75) is 63.9 Å². The van der Waals surface area contributed by atoms with Gasteiger partial charge < -0.3 is 9.63 Å². The van der Waals surface area contributed by atoms with Gasteiger partial charge in [0.2, 0.25) is 5.89 Å². The van der Waals surface area contributed by atoms with Crippen molar-refractivity contribution in [3.05, 3.63) is 11.7 Å². The van der Waals surface area contributed by atoms with E-state index >= 15 is 0 Å². The van der Waals surface area contributed by atoms with E-state index < -0.39 is 6.10 Å². The van der Waals surface area contributed by atoms with Gasteiger partial charge >= 0.3 is 0 Å². The Hall–Kier alpha value is -0.900. The van der Waals surface area contributed by atoms with Crippen LogP contribution in [0.15, 0.2) is 4.52 Å². The van der Waals surface area contributed by atoms with Gasteiger partial charge in [-0.15, -0.1) is 0 Å². The topological polar surface area (TPSA) is 59.2 Å². The SMILES string of the molecule is CCCC(O)c1noc(C2CCCCC2)n1. The van der Waals surface area contributed by atoms with E-state index in [0.717, 1.165) is 25.2 Å². The number of hydrogen-bond acceptors (Lipinski definition) is 4. The first kappa shape index (κ1) is 11.6. The Morgan fingerprint density at radius 2 is 2.12 bits per heavy atom. The largest absolute Gasteiger partial charge is 0.385 e. The first-order chi connectivity index (χ1) is 7.81. The molecule has 1 fully saturated rings. The molecule has 0 bridgehead atoms. The molecule has 1 aliphatic carbocycles. The second-order valence-electron chi connectivity index (χ2n) is 4.63. The zero-order chi connectivity index (χ0) is 11.4. The number of aliphatic hydroxyl groups excluding tert-OH is 1. The molecule has 16 heavy (non-hydrogen) atoms. The van der Waals surface area contributed by atoms with Crippen molar-refractivity contribution in [2.75, 3.05) is 0 Å². The molecule has 0 saturated heterocycles. The summed E-state index contributed by atoms with van der Waals surface area (Å²) in [6, 6.07) is 0. The summed E-state index contributed by atoms with van der Waals surface area (Å²) in [4.78, 5) is 4.32. The van der Waals surface area contributed by atoms with Gasteiger partial charge in [0.05, 0.1) is 0 Å². The molecule has 1 atom stereocenters. The molecular formula is C12H20N2O2. The van der Waals surface area contributed by atoms with Crippen LogP contribution in [0.4, 0.5) is 0 Å². The lowest BCUT2D eigenvalue weighted by Gasteiger charge is -2.17. The maximum atomic E-state index is 9.75. The second-order valence-corrected chi connectivity index (χ2v) is 4.63. The van der Waals surface area contributed by atoms with Gasteiger partial charge in [0.1, 0.15) is 6.10 Å². The van der Waals surface area contributed by atoms with Crippen LogP contribution in [0.25, 0.3) is 0 Å². The fourth-order valence-corrected chi connectivity index (χ4v) is 2.30. The smallest absolute Gasteiger partial charge is 0.229 e. The van der Waals surface area contributed by atoms with E-state index in [0.29, 0.717) is 18.2 Å². The predicted octanol–water partition coefficient (Wildman–Crippen LogP) is 2.95. The predicted molar refractivity (Wildman–Crippen MR) is 60.0 cm³/mol. The van der Waals surface area contributed by atoms with Crippen molar-refractivity contribution in [2.24, 2.45) is 0 Å². The quantitative estimate of drug-likeness (QED) is 0.854. The molecule has 90 valence electrons. The lowest BCUT2D eigenvalue weighted by Crippen LogP contribution is -2.05. The minimum absolute atomic E-state index is 0.420. The standard InChI is InChI=1S/C12H20N2O2/c1-2-6-10(15)11-13-12(16-14-11)9-7-4-3-5-8-9/h9-10,15H,2-8H2,1H3. The first-order valence-corrected chi connectivity index (χ1v) is 6.32. The molecule has 1 aliphatic rings. The van der Waals surface area contributed by atoms with Crippen LogP contribution in [-0.4, -0.2) is 15.2 Å². The molecule has 0 spiro atoms. The van der Waals surface area contributed by atoms with Crippen LogP contribution in [0.3, 0.4) is 0 Å². The number of nitrogens with zero attached hydrogens (tertiary/aromatic N) is 2. The van der Waals surface area contributed by atoms with Crippen molar-refractivity contribution in [1.82, 2.24) is 10.1 Å². The highest BCUT2D eigenvalue weighted by Gasteiger charge is 2.23. The Bertz CT molecular complexity index is 319. The third-order valence-electron chi connectivity index (χ3n) is 3.27. The zero-order valence-corrected chi connectivity index (χ0v) is 9.85. The van der Waals surface area contributed by atoms with Crippen molar-refractivity contribution < 1.29 is 9.63 Å². The van der Waals surface area contributed by atoms with Gasteiger partial charge in [0.15, 0.2) is 5.82 Å². The average molecular weight is 224 g/mol. The Morgan fingerprint density at radius 1 is 1.38 bits per heavy atom. The van der Waals surface area contributed by atoms with E-state index in [9.17, 15) is 5.11 Å². The maximum absolute atomic E-state index is 9.75. The summed E-state index contributed by atoms with van der Waals surface area (Å²) in [7, 11) is 0. The van der Waals surface area contributed by atoms with Gasteiger partial charge in [-0.3, -0.25) is 0 Å². The number of aliphatic hydroxyl groups is 1. The zero-order valence-electron chi connectivity index (χ0n) is 9.85. The van der Waals surface area contributed by atoms with E-state index in [1.165, 1.54) is 19.3 Å². The van der Waals surface area contributed by atoms with E-state index in [1.54, 1.807) is 0 Å². The molecule has 0 amide bonds. The Morgan fingerprint density at radius 3 is 2.81 bits per heavy atom. The van der Waals surface area contributed by atoms with Gasteiger partial charge in [-0.05, 0) is 19.3 Å². The molecule has 1 aromatic heterocycles. The van der Waals surface area contributed by atoms with E-state index in [1.807, 2.05) is 6.92 Å². The van der Waals surface area contributed by atoms with Crippen LogP contribution >= 0.6 is 0 Å². The molecule has 1 saturated carbocycles. The molecule has 4 nitrogen and oxygen atoms in total. The van der Waals surface area contributed by atoms with Gasteiger partial charge in [-0.25, -0.2) is 0 Å². The minimum atomic E-state index is -0.564. The van der Waals surface area contributed by atoms with E-state index in [2.05, 4.69) is 10.1 Å². The van der Waals surface area contributed by atoms with Gasteiger partial charge in [0.25, 0.3) is 0 Å². The van der Waals surface area contributed by atoms with E-state index in [4.69, 9.17) is 4.52 Å². The molecular weight excluding hydrogens is 204 g/mol. The van der Waals surface area contributed by atoms with E-state index in [-0.39, 0.29) is 0 Å². The maximum Gasteiger partial charge on any atom is 0.229 e. The summed E-state index contributed by atoms with van der Waals surface area (Å²) >= 11 is 0. The van der Waals surface area contributed by atoms with Gasteiger partial charge in [-0.1, -0.05) is 37.8 Å². The lowest BCUT2D eigenvalue weighted by atomic mass is 9.89. The van der Waals surface area contributed by atoms with Crippen molar-refractivity contribution in [1.29, 1.82) is 0 Å². The summed E-state index contributed by atoms with van der Waals surface area (Å²) in [5, 5.41) is 13.6. The van der Waals surface area contributed by atoms with Crippen LogP contribution in [0.2, 0.25) is 0 Å². The Balaban J connectivity index is 2.00. The summed E-state index contributed by atoms with van der Waals surface area (Å²) in [6.45, 7) is 2.03. The van der Waals surface area contributed by atoms with Gasteiger partial charge in [0, 0.05) is 5.92 Å². The molecule has 1 heterocycles. The van der Waals surface area contributed by atoms with Crippen LogP contribution in [0, 0.1) is 0 Å². The summed E-state index contributed by atoms with van der Waals surface area (Å²) < 4.78 is 5.25. The average Bonchev–Trinajstić information content (AvgIpc) is 2.80. The summed E-state index contributed by atoms with van der Waals surface area (Å²) in [5.41, 5.74) is 0. The van der Waals surface area contributed by atoms with Crippen LogP contribution in [-0.2, 0) is 0 Å². The molecule has 4 heteroatoms. The third-order valence-corrected chi connectivity index (χ3v) is 3.27. The second kappa shape index (κ2) is 5.43. The van der Waals surface area contributed by atoms with Crippen molar-refractivity contribution >= 4 is 0 Å². The van der Waals surface area contributed by atoms with Crippen molar-refractivity contribution in [3.8, 4) is 0 Å². The van der Waals surface area contributed by atoms with Gasteiger partial charge in [-0.2, -0.15) is 4.98 Å². The third kappa shape index (κ3) is 2.61. The number of aromatic nitrogens is 2. The highest BCUT2D eigenvalue weighted by molar-refractivity contribution is 4.97. The van der Waals surface area contributed by atoms with Crippen LogP contribution in [0.1, 0.15) is 75.6 Å². The minimum Gasteiger partial charge on any atom is -0.385 e. The van der Waals surface area contributed by atoms with Crippen LogP contribution < -0.4 is 0 Å². The number of rotatable bonds is 4. The summed E-state index contributed by atoms with van der Waals surface area (Å²) in [5.74, 6) is 1.61. The lowest BCUT2D eigenvalue weighted by molar-refractivity contribution is 0.152. The number of hydrogen-bond donors (Lipinski definition) is 1. The molecule has 0 aliphatic heterocycles. The van der Waals surface area contributed by atoms with Crippen molar-refractivity contribution in [3.63, 3.8) is 0 Å². The highest BCUT2D eigenvalue weighted by Crippen LogP contribution is 2.32. The molecule has 1 unspecified atom stereocenters. The first-order valence-electron chi connectivity index (χ1n) is 6.32. The highest BCUT2D eigenvalue weighted by atomic mass is 16.5. The fraction of sp³-hybridized carbons (Fsp3) is 0.833. The monoisotopic (exact) mass is 224 g/mol. The Kier molecular flexibility index (Phi) is 3.93. The van der Waals surface area contributed by atoms with Crippen LogP contribution in [0.5, 0.6) is 0 Å². The Labute approximate surface area is 96.1 Å². The molecule has 1 aromatic rings. The normalized spacial score (nSPS) is 19.9.